The molecule has 2 rings (SSSR count). The monoisotopic (exact) mass is 330 g/mol. The molecule has 0 spiro atoms. The number of rotatable bonds is 5. The van der Waals surface area contributed by atoms with Crippen LogP contribution in [-0.4, -0.2) is 19.3 Å². The minimum Gasteiger partial charge on any atom is -0.486 e. The number of aldehydes is 1. The Morgan fingerprint density at radius 1 is 1.32 bits per heavy atom. The van der Waals surface area contributed by atoms with Gasteiger partial charge in [0.2, 0.25) is 0 Å². The average molecular weight is 331 g/mol. The first-order chi connectivity index (χ1) is 9.11. The molecule has 0 atom stereocenters. The molecule has 0 unspecified atom stereocenters. The normalized spacial score (nSPS) is 10.7. The molecule has 0 saturated heterocycles. The van der Waals surface area contributed by atoms with E-state index in [-0.39, 0.29) is 5.76 Å². The molecule has 0 aliphatic carbocycles. The van der Waals surface area contributed by atoms with E-state index in [0.29, 0.717) is 27.8 Å². The summed E-state index contributed by atoms with van der Waals surface area (Å²) in [7, 11) is 0. The highest BCUT2D eigenvalue weighted by atomic mass is 79.9. The molecule has 0 N–H and O–H groups in total. The molecule has 3 nitrogen and oxygen atoms in total. The molecule has 0 fully saturated rings. The van der Waals surface area contributed by atoms with Gasteiger partial charge in [0.15, 0.2) is 12.0 Å². The SMILES string of the molecule is O=Cc1ccc(-c2cccc(OCC(F)F)c2Br)o1. The third-order valence-electron chi connectivity index (χ3n) is 2.34. The third kappa shape index (κ3) is 3.20. The van der Waals surface area contributed by atoms with Crippen LogP contribution in [0.15, 0.2) is 39.2 Å². The van der Waals surface area contributed by atoms with Crippen molar-refractivity contribution in [3.05, 3.63) is 40.6 Å². The average Bonchev–Trinajstić information content (AvgIpc) is 2.86. The van der Waals surface area contributed by atoms with Gasteiger partial charge in [-0.1, -0.05) is 6.07 Å². The Labute approximate surface area is 116 Å². The van der Waals surface area contributed by atoms with Crippen LogP contribution in [0.25, 0.3) is 11.3 Å². The number of carbonyl (C=O) groups excluding carboxylic acids is 1. The van der Waals surface area contributed by atoms with Gasteiger partial charge >= 0.3 is 0 Å². The molecule has 0 aliphatic heterocycles. The second-order valence-corrected chi connectivity index (χ2v) is 4.43. The van der Waals surface area contributed by atoms with Gasteiger partial charge in [-0.3, -0.25) is 4.79 Å². The van der Waals surface area contributed by atoms with Gasteiger partial charge in [-0.15, -0.1) is 0 Å². The second kappa shape index (κ2) is 5.97. The summed E-state index contributed by atoms with van der Waals surface area (Å²) in [5.41, 5.74) is 0.625. The van der Waals surface area contributed by atoms with Gasteiger partial charge in [0, 0.05) is 5.56 Å². The van der Waals surface area contributed by atoms with Gasteiger partial charge < -0.3 is 9.15 Å². The van der Waals surface area contributed by atoms with Crippen LogP contribution in [0, 0.1) is 0 Å². The van der Waals surface area contributed by atoms with Gasteiger partial charge in [0.25, 0.3) is 6.43 Å². The van der Waals surface area contributed by atoms with Crippen LogP contribution in [0.2, 0.25) is 0 Å². The van der Waals surface area contributed by atoms with Gasteiger partial charge in [-0.2, -0.15) is 0 Å². The fraction of sp³-hybridized carbons (Fsp3) is 0.154. The third-order valence-corrected chi connectivity index (χ3v) is 3.15. The van der Waals surface area contributed by atoms with Crippen LogP contribution in [0.3, 0.4) is 0 Å². The largest absolute Gasteiger partial charge is 0.486 e. The van der Waals surface area contributed by atoms with Gasteiger partial charge in [0.1, 0.15) is 18.1 Å². The molecule has 100 valence electrons. The Morgan fingerprint density at radius 3 is 2.74 bits per heavy atom. The zero-order valence-electron chi connectivity index (χ0n) is 9.61. The summed E-state index contributed by atoms with van der Waals surface area (Å²) in [4.78, 5) is 10.6. The van der Waals surface area contributed by atoms with Crippen molar-refractivity contribution in [1.82, 2.24) is 0 Å². The van der Waals surface area contributed by atoms with Crippen LogP contribution in [0.5, 0.6) is 5.75 Å². The topological polar surface area (TPSA) is 39.4 Å². The van der Waals surface area contributed by atoms with E-state index < -0.39 is 13.0 Å². The van der Waals surface area contributed by atoms with E-state index in [4.69, 9.17) is 9.15 Å². The van der Waals surface area contributed by atoms with E-state index in [0.717, 1.165) is 0 Å². The predicted octanol–water partition coefficient (Wildman–Crippen LogP) is 4.17. The van der Waals surface area contributed by atoms with Crippen LogP contribution in [-0.2, 0) is 0 Å². The maximum atomic E-state index is 12.1. The number of hydrogen-bond donors (Lipinski definition) is 0. The van der Waals surface area contributed by atoms with Gasteiger partial charge in [-0.25, -0.2) is 8.78 Å². The molecule has 0 radical (unpaired) electrons. The summed E-state index contributed by atoms with van der Waals surface area (Å²) in [6.07, 6.45) is -1.95. The van der Waals surface area contributed by atoms with E-state index in [1.165, 1.54) is 6.07 Å². The van der Waals surface area contributed by atoms with Crippen molar-refractivity contribution in [2.45, 2.75) is 6.43 Å². The summed E-state index contributed by atoms with van der Waals surface area (Å²) < 4.78 is 35.0. The fourth-order valence-electron chi connectivity index (χ4n) is 1.53. The summed E-state index contributed by atoms with van der Waals surface area (Å²) in [5.74, 6) is 0.944. The van der Waals surface area contributed by atoms with E-state index in [9.17, 15) is 13.6 Å². The molecule has 0 amide bonds. The number of halogens is 3. The maximum absolute atomic E-state index is 12.1. The van der Waals surface area contributed by atoms with Crippen molar-refractivity contribution in [2.24, 2.45) is 0 Å². The lowest BCUT2D eigenvalue weighted by Gasteiger charge is -2.09. The lowest BCUT2D eigenvalue weighted by molar-refractivity contribution is 0.0815. The van der Waals surface area contributed by atoms with Crippen LogP contribution >= 0.6 is 15.9 Å². The van der Waals surface area contributed by atoms with Crippen molar-refractivity contribution in [2.75, 3.05) is 6.61 Å². The van der Waals surface area contributed by atoms with Crippen LogP contribution < -0.4 is 4.74 Å². The fourth-order valence-corrected chi connectivity index (χ4v) is 2.10. The lowest BCUT2D eigenvalue weighted by atomic mass is 10.1. The van der Waals surface area contributed by atoms with E-state index in [1.807, 2.05) is 0 Å². The first-order valence-corrected chi connectivity index (χ1v) is 6.16. The molecular formula is C13H9BrF2O3. The minimum absolute atomic E-state index is 0.195. The standard InChI is InChI=1S/C13H9BrF2O3/c14-13-9(10-5-4-8(6-17)19-10)2-1-3-11(13)18-7-12(15)16/h1-6,12H,7H2. The van der Waals surface area contributed by atoms with E-state index >= 15 is 0 Å². The summed E-state index contributed by atoms with van der Waals surface area (Å²) in [6.45, 7) is -0.681. The smallest absolute Gasteiger partial charge is 0.272 e. The Balaban J connectivity index is 2.31. The van der Waals surface area contributed by atoms with E-state index in [2.05, 4.69) is 15.9 Å². The number of ether oxygens (including phenoxy) is 1. The van der Waals surface area contributed by atoms with Crippen molar-refractivity contribution < 1.29 is 22.7 Å². The Kier molecular flexibility index (Phi) is 4.31. The zero-order chi connectivity index (χ0) is 13.8. The molecule has 1 heterocycles. The Hall–Kier alpha value is -1.69. The van der Waals surface area contributed by atoms with E-state index in [1.54, 1.807) is 24.3 Å². The Morgan fingerprint density at radius 2 is 2.11 bits per heavy atom. The molecule has 1 aromatic heterocycles. The van der Waals surface area contributed by atoms with Crippen LogP contribution in [0.4, 0.5) is 8.78 Å². The highest BCUT2D eigenvalue weighted by Crippen LogP contribution is 2.36. The predicted molar refractivity (Wildman–Crippen MR) is 68.7 cm³/mol. The summed E-state index contributed by atoms with van der Waals surface area (Å²) >= 11 is 3.28. The maximum Gasteiger partial charge on any atom is 0.272 e. The number of alkyl halides is 2. The molecule has 0 saturated carbocycles. The number of furan rings is 1. The quantitative estimate of drug-likeness (QED) is 0.772. The molecule has 6 heteroatoms. The van der Waals surface area contributed by atoms with Crippen molar-refractivity contribution in [3.63, 3.8) is 0 Å². The highest BCUT2D eigenvalue weighted by molar-refractivity contribution is 9.10. The second-order valence-electron chi connectivity index (χ2n) is 3.64. The first kappa shape index (κ1) is 13.7. The van der Waals surface area contributed by atoms with Crippen molar-refractivity contribution >= 4 is 22.2 Å². The van der Waals surface area contributed by atoms with Gasteiger partial charge in [0.05, 0.1) is 4.47 Å². The summed E-state index contributed by atoms with van der Waals surface area (Å²) in [6, 6.07) is 8.11. The van der Waals surface area contributed by atoms with Crippen LogP contribution in [0.1, 0.15) is 10.6 Å². The van der Waals surface area contributed by atoms with Gasteiger partial charge in [-0.05, 0) is 40.2 Å². The minimum atomic E-state index is -2.54. The molecule has 1 aromatic carbocycles. The number of benzene rings is 1. The molecule has 19 heavy (non-hydrogen) atoms. The number of hydrogen-bond acceptors (Lipinski definition) is 3. The van der Waals surface area contributed by atoms with Crippen molar-refractivity contribution in [1.29, 1.82) is 0 Å². The zero-order valence-corrected chi connectivity index (χ0v) is 11.2. The molecule has 0 aliphatic rings. The lowest BCUT2D eigenvalue weighted by Crippen LogP contribution is -2.07. The van der Waals surface area contributed by atoms with Crippen molar-refractivity contribution in [3.8, 4) is 17.1 Å². The Bertz CT molecular complexity index is 581. The molecular weight excluding hydrogens is 322 g/mol. The molecule has 2 aromatic rings. The highest BCUT2D eigenvalue weighted by Gasteiger charge is 2.13. The number of carbonyl (C=O) groups is 1. The first-order valence-electron chi connectivity index (χ1n) is 5.36. The summed E-state index contributed by atoms with van der Waals surface area (Å²) in [5, 5.41) is 0. The molecule has 0 bridgehead atoms.